The maximum atomic E-state index is 4.23. The second-order valence-corrected chi connectivity index (χ2v) is 5.04. The molecule has 2 rings (SSSR count). The van der Waals surface area contributed by atoms with E-state index in [1.54, 1.807) is 0 Å². The van der Waals surface area contributed by atoms with Gasteiger partial charge in [0.1, 0.15) is 11.6 Å². The molecule has 4 nitrogen and oxygen atoms in total. The van der Waals surface area contributed by atoms with E-state index in [-0.39, 0.29) is 0 Å². The van der Waals surface area contributed by atoms with Gasteiger partial charge in [0.15, 0.2) is 0 Å². The zero-order valence-corrected chi connectivity index (χ0v) is 11.1. The van der Waals surface area contributed by atoms with Crippen LogP contribution in [0.1, 0.15) is 25.5 Å². The minimum absolute atomic E-state index is 0.642. The molecule has 2 heterocycles. The Balaban J connectivity index is 1.91. The highest BCUT2D eigenvalue weighted by molar-refractivity contribution is 4.97. The van der Waals surface area contributed by atoms with Crippen LogP contribution in [0.25, 0.3) is 0 Å². The van der Waals surface area contributed by atoms with Crippen LogP contribution in [0.3, 0.4) is 0 Å². The topological polar surface area (TPSA) is 34.0 Å². The minimum atomic E-state index is 0.642. The van der Waals surface area contributed by atoms with Crippen molar-refractivity contribution < 1.29 is 0 Å². The Labute approximate surface area is 103 Å². The third kappa shape index (κ3) is 3.16. The van der Waals surface area contributed by atoms with E-state index in [4.69, 9.17) is 0 Å². The Bertz CT molecular complexity index is 392. The van der Waals surface area contributed by atoms with E-state index in [2.05, 4.69) is 45.7 Å². The van der Waals surface area contributed by atoms with Gasteiger partial charge in [0.2, 0.25) is 0 Å². The van der Waals surface area contributed by atoms with Gasteiger partial charge in [-0.25, -0.2) is 0 Å². The lowest BCUT2D eigenvalue weighted by atomic mass is 10.2. The normalized spacial score (nSPS) is 17.6. The van der Waals surface area contributed by atoms with E-state index in [1.165, 1.54) is 0 Å². The molecule has 0 amide bonds. The summed E-state index contributed by atoms with van der Waals surface area (Å²) >= 11 is 0. The Morgan fingerprint density at radius 3 is 2.82 bits per heavy atom. The zero-order valence-electron chi connectivity index (χ0n) is 11.1. The van der Waals surface area contributed by atoms with Crippen LogP contribution in [-0.4, -0.2) is 39.3 Å². The van der Waals surface area contributed by atoms with Crippen LogP contribution in [0, 0.1) is 12.8 Å². The monoisotopic (exact) mass is 234 g/mol. The molecule has 94 valence electrons. The molecule has 0 bridgehead atoms. The lowest BCUT2D eigenvalue weighted by Crippen LogP contribution is -2.27. The van der Waals surface area contributed by atoms with Gasteiger partial charge in [-0.1, -0.05) is 26.0 Å². The van der Waals surface area contributed by atoms with E-state index >= 15 is 0 Å². The summed E-state index contributed by atoms with van der Waals surface area (Å²) < 4.78 is 2.24. The van der Waals surface area contributed by atoms with Gasteiger partial charge in [0.25, 0.3) is 0 Å². The predicted molar refractivity (Wildman–Crippen MR) is 68.9 cm³/mol. The molecule has 0 saturated heterocycles. The summed E-state index contributed by atoms with van der Waals surface area (Å²) in [5, 5.41) is 8.36. The molecule has 1 aromatic heterocycles. The van der Waals surface area contributed by atoms with E-state index < -0.39 is 0 Å². The fourth-order valence-electron chi connectivity index (χ4n) is 2.18. The van der Waals surface area contributed by atoms with Gasteiger partial charge in [0, 0.05) is 32.6 Å². The fraction of sp³-hybridized carbons (Fsp3) is 0.692. The second kappa shape index (κ2) is 5.45. The summed E-state index contributed by atoms with van der Waals surface area (Å²) in [6.45, 7) is 10.7. The van der Waals surface area contributed by atoms with Crippen LogP contribution in [0.15, 0.2) is 12.2 Å². The maximum absolute atomic E-state index is 4.23. The second-order valence-electron chi connectivity index (χ2n) is 5.04. The molecule has 0 aliphatic carbocycles. The van der Waals surface area contributed by atoms with Gasteiger partial charge in [0.05, 0.1) is 0 Å². The van der Waals surface area contributed by atoms with E-state index in [0.29, 0.717) is 5.92 Å². The molecule has 1 aliphatic rings. The van der Waals surface area contributed by atoms with Crippen LogP contribution < -0.4 is 0 Å². The maximum Gasteiger partial charge on any atom is 0.134 e. The van der Waals surface area contributed by atoms with Crippen LogP contribution in [0.4, 0.5) is 0 Å². The van der Waals surface area contributed by atoms with E-state index in [0.717, 1.165) is 44.2 Å². The number of aromatic nitrogens is 3. The Morgan fingerprint density at radius 2 is 2.06 bits per heavy atom. The molecule has 1 aliphatic heterocycles. The molecule has 0 spiro atoms. The average molecular weight is 234 g/mol. The summed E-state index contributed by atoms with van der Waals surface area (Å²) in [7, 11) is 0. The molecular formula is C13H22N4. The number of hydrogen-bond donors (Lipinski definition) is 0. The van der Waals surface area contributed by atoms with Crippen molar-refractivity contribution in [1.29, 1.82) is 0 Å². The first kappa shape index (κ1) is 12.3. The number of hydrogen-bond acceptors (Lipinski definition) is 3. The first-order valence-electron chi connectivity index (χ1n) is 6.44. The summed E-state index contributed by atoms with van der Waals surface area (Å²) in [6, 6.07) is 0. The third-order valence-electron chi connectivity index (χ3n) is 3.19. The standard InChI is InChI=1S/C13H22N4/c1-11(2)5-4-7-16-8-6-13-15-14-12(3)17(13)10-9-16/h4-5,11H,6-10H2,1-3H3. The summed E-state index contributed by atoms with van der Waals surface area (Å²) in [5.41, 5.74) is 0. The van der Waals surface area contributed by atoms with Crippen LogP contribution >= 0.6 is 0 Å². The van der Waals surface area contributed by atoms with Gasteiger partial charge >= 0.3 is 0 Å². The van der Waals surface area contributed by atoms with Crippen molar-refractivity contribution >= 4 is 0 Å². The highest BCUT2D eigenvalue weighted by Crippen LogP contribution is 2.08. The highest BCUT2D eigenvalue weighted by atomic mass is 15.3. The van der Waals surface area contributed by atoms with Crippen molar-refractivity contribution in [3.63, 3.8) is 0 Å². The molecule has 0 unspecified atom stereocenters. The highest BCUT2D eigenvalue weighted by Gasteiger charge is 2.15. The lowest BCUT2D eigenvalue weighted by molar-refractivity contribution is 0.307. The van der Waals surface area contributed by atoms with Gasteiger partial charge < -0.3 is 4.57 Å². The Hall–Kier alpha value is -1.16. The van der Waals surface area contributed by atoms with Crippen LogP contribution in [0.2, 0.25) is 0 Å². The summed E-state index contributed by atoms with van der Waals surface area (Å²) in [5.74, 6) is 2.82. The first-order valence-corrected chi connectivity index (χ1v) is 6.44. The number of nitrogens with zero attached hydrogens (tertiary/aromatic N) is 4. The third-order valence-corrected chi connectivity index (χ3v) is 3.19. The minimum Gasteiger partial charge on any atom is -0.314 e. The molecular weight excluding hydrogens is 212 g/mol. The van der Waals surface area contributed by atoms with Crippen molar-refractivity contribution in [2.45, 2.75) is 33.7 Å². The van der Waals surface area contributed by atoms with Crippen molar-refractivity contribution in [2.24, 2.45) is 5.92 Å². The lowest BCUT2D eigenvalue weighted by Gasteiger charge is -2.17. The Morgan fingerprint density at radius 1 is 1.24 bits per heavy atom. The number of allylic oxidation sites excluding steroid dienone is 1. The molecule has 0 N–H and O–H groups in total. The van der Waals surface area contributed by atoms with E-state index in [1.807, 2.05) is 6.92 Å². The van der Waals surface area contributed by atoms with Gasteiger partial charge in [-0.2, -0.15) is 0 Å². The number of rotatable bonds is 3. The molecule has 0 aromatic carbocycles. The largest absolute Gasteiger partial charge is 0.314 e. The average Bonchev–Trinajstić information content (AvgIpc) is 2.51. The molecule has 1 aromatic rings. The Kier molecular flexibility index (Phi) is 3.94. The van der Waals surface area contributed by atoms with Gasteiger partial charge in [-0.05, 0) is 12.8 Å². The fourth-order valence-corrected chi connectivity index (χ4v) is 2.18. The first-order chi connectivity index (χ1) is 8.16. The molecule has 0 radical (unpaired) electrons. The molecule has 17 heavy (non-hydrogen) atoms. The SMILES string of the molecule is Cc1nnc2n1CCN(CC=CC(C)C)CC2. The van der Waals surface area contributed by atoms with Crippen molar-refractivity contribution in [3.05, 3.63) is 23.8 Å². The molecule has 0 fully saturated rings. The summed E-state index contributed by atoms with van der Waals surface area (Å²) in [6.07, 6.45) is 5.57. The number of fused-ring (bicyclic) bond motifs is 1. The number of aryl methyl sites for hydroxylation is 1. The van der Waals surface area contributed by atoms with Gasteiger partial charge in [-0.15, -0.1) is 10.2 Å². The van der Waals surface area contributed by atoms with Gasteiger partial charge in [-0.3, -0.25) is 4.90 Å². The quantitative estimate of drug-likeness (QED) is 0.746. The predicted octanol–water partition coefficient (Wildman–Crippen LogP) is 1.66. The smallest absolute Gasteiger partial charge is 0.134 e. The van der Waals surface area contributed by atoms with Crippen molar-refractivity contribution in [3.8, 4) is 0 Å². The zero-order chi connectivity index (χ0) is 12.3. The van der Waals surface area contributed by atoms with Crippen molar-refractivity contribution in [2.75, 3.05) is 19.6 Å². The molecule has 0 atom stereocenters. The van der Waals surface area contributed by atoms with Crippen LogP contribution in [0.5, 0.6) is 0 Å². The van der Waals surface area contributed by atoms with Crippen LogP contribution in [-0.2, 0) is 13.0 Å². The van der Waals surface area contributed by atoms with Crippen molar-refractivity contribution in [1.82, 2.24) is 19.7 Å². The molecule has 4 heteroatoms. The molecule has 0 saturated carbocycles. The summed E-state index contributed by atoms with van der Waals surface area (Å²) in [4.78, 5) is 2.48. The van der Waals surface area contributed by atoms with E-state index in [9.17, 15) is 0 Å².